The van der Waals surface area contributed by atoms with Gasteiger partial charge in [0.2, 0.25) is 0 Å². The van der Waals surface area contributed by atoms with Crippen LogP contribution in [0.15, 0.2) is 41.1 Å². The summed E-state index contributed by atoms with van der Waals surface area (Å²) in [6, 6.07) is 7.49. The minimum atomic E-state index is 0.518. The van der Waals surface area contributed by atoms with E-state index in [9.17, 15) is 0 Å². The molecule has 0 unspecified atom stereocenters. The summed E-state index contributed by atoms with van der Waals surface area (Å²) in [7, 11) is 1.64. The normalized spacial score (nSPS) is 10.0. The van der Waals surface area contributed by atoms with Crippen molar-refractivity contribution in [3.8, 4) is 5.75 Å². The van der Waals surface area contributed by atoms with E-state index in [1.54, 1.807) is 19.5 Å². The van der Waals surface area contributed by atoms with Crippen LogP contribution in [0.2, 0.25) is 0 Å². The van der Waals surface area contributed by atoms with Crippen LogP contribution in [-0.4, -0.2) is 28.7 Å². The number of anilines is 1. The number of aromatic nitrogens is 2. The summed E-state index contributed by atoms with van der Waals surface area (Å²) in [5, 5.41) is 6.68. The Morgan fingerprint density at radius 3 is 2.81 bits per heavy atom. The van der Waals surface area contributed by atoms with Gasteiger partial charge in [-0.05, 0) is 52.4 Å². The topological polar surface area (TPSA) is 59.1 Å². The van der Waals surface area contributed by atoms with Gasteiger partial charge in [0.1, 0.15) is 11.6 Å². The first-order valence-electron chi connectivity index (χ1n) is 6.34. The largest absolute Gasteiger partial charge is 0.495 e. The number of nitrogens with zero attached hydrogens (tertiary/aromatic N) is 2. The highest BCUT2D eigenvalue weighted by Gasteiger charge is 2.05. The molecule has 0 saturated heterocycles. The molecule has 0 fully saturated rings. The smallest absolute Gasteiger partial charge is 0.171 e. The third-order valence-electron chi connectivity index (χ3n) is 2.71. The van der Waals surface area contributed by atoms with Crippen LogP contribution in [0.1, 0.15) is 5.69 Å². The first kappa shape index (κ1) is 15.7. The summed E-state index contributed by atoms with van der Waals surface area (Å²) in [6.07, 6.45) is 4.17. The number of hydrogen-bond donors (Lipinski definition) is 2. The molecule has 2 heterocycles. The quantitative estimate of drug-likeness (QED) is 0.793. The average Bonchev–Trinajstić information content (AvgIpc) is 2.50. The summed E-state index contributed by atoms with van der Waals surface area (Å²) in [4.78, 5) is 8.49. The summed E-state index contributed by atoms with van der Waals surface area (Å²) < 4.78 is 6.12. The van der Waals surface area contributed by atoms with Gasteiger partial charge in [0, 0.05) is 25.4 Å². The van der Waals surface area contributed by atoms with Crippen LogP contribution in [-0.2, 0) is 6.42 Å². The van der Waals surface area contributed by atoms with Crippen molar-refractivity contribution in [3.63, 3.8) is 0 Å². The molecule has 0 atom stereocenters. The van der Waals surface area contributed by atoms with E-state index >= 15 is 0 Å². The molecule has 0 aliphatic heterocycles. The number of nitrogens with one attached hydrogen (secondary N) is 2. The van der Waals surface area contributed by atoms with Gasteiger partial charge in [-0.15, -0.1) is 0 Å². The Hall–Kier alpha value is -1.73. The lowest BCUT2D eigenvalue weighted by Crippen LogP contribution is -2.30. The lowest BCUT2D eigenvalue weighted by atomic mass is 10.2. The van der Waals surface area contributed by atoms with Crippen molar-refractivity contribution in [1.82, 2.24) is 15.3 Å². The highest BCUT2D eigenvalue weighted by molar-refractivity contribution is 9.10. The monoisotopic (exact) mass is 366 g/mol. The first-order chi connectivity index (χ1) is 10.2. The minimum Gasteiger partial charge on any atom is -0.495 e. The lowest BCUT2D eigenvalue weighted by molar-refractivity contribution is 0.406. The molecule has 5 nitrogen and oxygen atoms in total. The van der Waals surface area contributed by atoms with E-state index in [0.717, 1.165) is 22.3 Å². The maximum absolute atomic E-state index is 5.26. The molecular formula is C14H15BrN4OS. The van der Waals surface area contributed by atoms with Crippen LogP contribution >= 0.6 is 28.1 Å². The van der Waals surface area contributed by atoms with Crippen LogP contribution in [0.4, 0.5) is 5.82 Å². The van der Waals surface area contributed by atoms with E-state index in [1.165, 1.54) is 0 Å². The van der Waals surface area contributed by atoms with Gasteiger partial charge in [-0.1, -0.05) is 0 Å². The number of thiocarbonyl (C=S) groups is 1. The number of ether oxygens (including phenoxy) is 1. The standard InChI is InChI=1S/C14H15BrN4OS/c1-20-12-5-3-7-16-11(12)6-9-18-14(21)19-13-10(15)4-2-8-17-13/h2-5,7-8H,6,9H2,1H3,(H2,17,18,19,21). The zero-order valence-electron chi connectivity index (χ0n) is 11.5. The predicted molar refractivity (Wildman–Crippen MR) is 90.7 cm³/mol. The molecule has 7 heteroatoms. The molecule has 0 aromatic carbocycles. The Bertz CT molecular complexity index is 623. The molecule has 0 aliphatic rings. The average molecular weight is 367 g/mol. The Morgan fingerprint density at radius 2 is 2.05 bits per heavy atom. The fourth-order valence-electron chi connectivity index (χ4n) is 1.72. The summed E-state index contributed by atoms with van der Waals surface area (Å²) in [5.74, 6) is 1.47. The molecule has 0 aliphatic carbocycles. The summed E-state index contributed by atoms with van der Waals surface area (Å²) in [5.41, 5.74) is 0.898. The highest BCUT2D eigenvalue weighted by atomic mass is 79.9. The van der Waals surface area contributed by atoms with Crippen molar-refractivity contribution in [3.05, 3.63) is 46.8 Å². The van der Waals surface area contributed by atoms with Crippen molar-refractivity contribution in [1.29, 1.82) is 0 Å². The molecule has 0 radical (unpaired) electrons. The molecule has 0 spiro atoms. The van der Waals surface area contributed by atoms with Crippen molar-refractivity contribution < 1.29 is 4.74 Å². The zero-order chi connectivity index (χ0) is 15.1. The SMILES string of the molecule is COc1cccnc1CCNC(=S)Nc1ncccc1Br. The van der Waals surface area contributed by atoms with Crippen molar-refractivity contribution in [2.24, 2.45) is 0 Å². The van der Waals surface area contributed by atoms with Crippen LogP contribution < -0.4 is 15.4 Å². The van der Waals surface area contributed by atoms with E-state index in [-0.39, 0.29) is 0 Å². The molecule has 2 rings (SSSR count). The molecule has 0 bridgehead atoms. The molecule has 21 heavy (non-hydrogen) atoms. The van der Waals surface area contributed by atoms with E-state index < -0.39 is 0 Å². The number of hydrogen-bond acceptors (Lipinski definition) is 4. The van der Waals surface area contributed by atoms with Gasteiger partial charge in [0.25, 0.3) is 0 Å². The summed E-state index contributed by atoms with van der Waals surface area (Å²) >= 11 is 8.65. The van der Waals surface area contributed by atoms with Crippen LogP contribution in [0.5, 0.6) is 5.75 Å². The zero-order valence-corrected chi connectivity index (χ0v) is 13.9. The lowest BCUT2D eigenvalue weighted by Gasteiger charge is -2.11. The molecule has 0 amide bonds. The predicted octanol–water partition coefficient (Wildman–Crippen LogP) is 2.78. The van der Waals surface area contributed by atoms with Gasteiger partial charge in [0.05, 0.1) is 17.3 Å². The van der Waals surface area contributed by atoms with Gasteiger partial charge in [-0.2, -0.15) is 0 Å². The maximum Gasteiger partial charge on any atom is 0.171 e. The molecule has 2 N–H and O–H groups in total. The van der Waals surface area contributed by atoms with E-state index in [0.29, 0.717) is 17.5 Å². The van der Waals surface area contributed by atoms with Gasteiger partial charge in [-0.3, -0.25) is 4.98 Å². The Labute approximate surface area is 137 Å². The van der Waals surface area contributed by atoms with Crippen LogP contribution in [0.25, 0.3) is 0 Å². The van der Waals surface area contributed by atoms with Crippen LogP contribution in [0.3, 0.4) is 0 Å². The van der Waals surface area contributed by atoms with E-state index in [4.69, 9.17) is 17.0 Å². The molecular weight excluding hydrogens is 352 g/mol. The van der Waals surface area contributed by atoms with Crippen LogP contribution in [0, 0.1) is 0 Å². The van der Waals surface area contributed by atoms with Crippen molar-refractivity contribution >= 4 is 39.1 Å². The fourth-order valence-corrected chi connectivity index (χ4v) is 2.27. The molecule has 110 valence electrons. The van der Waals surface area contributed by atoms with Crippen molar-refractivity contribution in [2.75, 3.05) is 19.0 Å². The number of halogens is 1. The Morgan fingerprint density at radius 1 is 1.29 bits per heavy atom. The summed E-state index contributed by atoms with van der Waals surface area (Å²) in [6.45, 7) is 0.656. The second kappa shape index (κ2) is 7.90. The minimum absolute atomic E-state index is 0.518. The second-order valence-electron chi connectivity index (χ2n) is 4.12. The molecule has 2 aromatic heterocycles. The van der Waals surface area contributed by atoms with E-state index in [1.807, 2.05) is 24.3 Å². The Kier molecular flexibility index (Phi) is 5.89. The van der Waals surface area contributed by atoms with Gasteiger partial charge < -0.3 is 15.4 Å². The first-order valence-corrected chi connectivity index (χ1v) is 7.54. The molecule has 2 aromatic rings. The highest BCUT2D eigenvalue weighted by Crippen LogP contribution is 2.18. The third-order valence-corrected chi connectivity index (χ3v) is 3.59. The fraction of sp³-hybridized carbons (Fsp3) is 0.214. The number of pyridine rings is 2. The van der Waals surface area contributed by atoms with Gasteiger partial charge >= 0.3 is 0 Å². The van der Waals surface area contributed by atoms with E-state index in [2.05, 4.69) is 36.5 Å². The van der Waals surface area contributed by atoms with Crippen molar-refractivity contribution in [2.45, 2.75) is 6.42 Å². The maximum atomic E-state index is 5.26. The number of methoxy groups -OCH3 is 1. The van der Waals surface area contributed by atoms with Gasteiger partial charge in [-0.25, -0.2) is 4.98 Å². The van der Waals surface area contributed by atoms with Gasteiger partial charge in [0.15, 0.2) is 5.11 Å². The third kappa shape index (κ3) is 4.64. The molecule has 0 saturated carbocycles. The Balaban J connectivity index is 1.83. The number of rotatable bonds is 5. The second-order valence-corrected chi connectivity index (χ2v) is 5.38.